The van der Waals surface area contributed by atoms with Crippen LogP contribution in [0.3, 0.4) is 0 Å². The van der Waals surface area contributed by atoms with E-state index in [1.807, 2.05) is 0 Å². The maximum absolute atomic E-state index is 6.80. The largest absolute Gasteiger partial charge is 0.455 e. The molecule has 0 N–H and O–H groups in total. The molecule has 52 heavy (non-hydrogen) atoms. The topological polar surface area (TPSA) is 13.1 Å². The van der Waals surface area contributed by atoms with E-state index in [4.69, 9.17) is 4.42 Å². The smallest absolute Gasteiger partial charge is 0.144 e. The van der Waals surface area contributed by atoms with Crippen molar-refractivity contribution in [2.45, 2.75) is 19.8 Å². The van der Waals surface area contributed by atoms with Gasteiger partial charge in [0.25, 0.3) is 0 Å². The average Bonchev–Trinajstić information content (AvgIpc) is 3.59. The zero-order valence-corrected chi connectivity index (χ0v) is 29.2. The fourth-order valence-electron chi connectivity index (χ4n) is 8.61. The normalized spacial score (nSPS) is 11.8. The molecule has 1 nitrogen and oxygen atoms in total. The SMILES string of the molecule is CC(C)c1c(-c2cccc(-c3ccc4c(-c5ccccc5)c5ccccc5c(-c5ccccc5)c4c3)c2)c2oc3ccccc3c2c2ccccc12. The Morgan fingerprint density at radius 2 is 0.846 bits per heavy atom. The summed E-state index contributed by atoms with van der Waals surface area (Å²) >= 11 is 0. The Kier molecular flexibility index (Phi) is 7.08. The molecule has 0 aliphatic rings. The van der Waals surface area contributed by atoms with Gasteiger partial charge in [-0.3, -0.25) is 0 Å². The molecule has 0 bridgehead atoms. The van der Waals surface area contributed by atoms with E-state index < -0.39 is 0 Å². The summed E-state index contributed by atoms with van der Waals surface area (Å²) in [5, 5.41) is 9.91. The Hall–Kier alpha value is -6.44. The molecular formula is C51H36O. The van der Waals surface area contributed by atoms with Gasteiger partial charge in [0, 0.05) is 16.3 Å². The summed E-state index contributed by atoms with van der Waals surface area (Å²) in [7, 11) is 0. The van der Waals surface area contributed by atoms with Crippen LogP contribution in [-0.4, -0.2) is 0 Å². The highest BCUT2D eigenvalue weighted by Crippen LogP contribution is 2.48. The lowest BCUT2D eigenvalue weighted by atomic mass is 9.84. The lowest BCUT2D eigenvalue weighted by molar-refractivity contribution is 0.669. The molecule has 0 saturated heterocycles. The minimum atomic E-state index is 0.292. The van der Waals surface area contributed by atoms with Gasteiger partial charge in [0.05, 0.1) is 0 Å². The van der Waals surface area contributed by atoms with Gasteiger partial charge in [-0.15, -0.1) is 0 Å². The van der Waals surface area contributed by atoms with Crippen molar-refractivity contribution in [2.75, 3.05) is 0 Å². The van der Waals surface area contributed by atoms with E-state index in [0.29, 0.717) is 5.92 Å². The molecule has 0 fully saturated rings. The molecule has 10 rings (SSSR count). The highest BCUT2D eigenvalue weighted by molar-refractivity contribution is 6.24. The molecule has 0 radical (unpaired) electrons. The summed E-state index contributed by atoms with van der Waals surface area (Å²) in [5.74, 6) is 0.292. The molecule has 0 aliphatic carbocycles. The first-order chi connectivity index (χ1) is 25.7. The van der Waals surface area contributed by atoms with Crippen molar-refractivity contribution in [3.05, 3.63) is 181 Å². The number of hydrogen-bond donors (Lipinski definition) is 0. The average molecular weight is 665 g/mol. The molecule has 1 aromatic heterocycles. The Morgan fingerprint density at radius 1 is 0.346 bits per heavy atom. The van der Waals surface area contributed by atoms with E-state index >= 15 is 0 Å². The van der Waals surface area contributed by atoms with Gasteiger partial charge in [0.2, 0.25) is 0 Å². The third-order valence-electron chi connectivity index (χ3n) is 10.8. The standard InChI is InChI=1S/C51H36O/c1-32(2)46-38-22-9-12-25-41(38)50-43-26-13-14-27-45(43)52-51(50)49(46)37-21-15-20-35(30-37)36-28-29-42-44(31-36)48(34-18-7-4-8-19-34)40-24-11-10-23-39(40)47(42)33-16-5-3-6-17-33/h3-32H,1-2H3. The fourth-order valence-corrected chi connectivity index (χ4v) is 8.61. The lowest BCUT2D eigenvalue weighted by Crippen LogP contribution is -1.96. The Bertz CT molecular complexity index is 2970. The summed E-state index contributed by atoms with van der Waals surface area (Å²) in [6, 6.07) is 64.0. The van der Waals surface area contributed by atoms with E-state index in [0.717, 1.165) is 16.6 Å². The van der Waals surface area contributed by atoms with E-state index in [9.17, 15) is 0 Å². The number of benzene rings is 9. The number of fused-ring (bicyclic) bond motifs is 7. The van der Waals surface area contributed by atoms with Crippen molar-refractivity contribution < 1.29 is 4.42 Å². The van der Waals surface area contributed by atoms with Crippen molar-refractivity contribution in [1.29, 1.82) is 0 Å². The molecule has 0 saturated carbocycles. The van der Waals surface area contributed by atoms with Crippen molar-refractivity contribution >= 4 is 54.3 Å². The van der Waals surface area contributed by atoms with Crippen molar-refractivity contribution in [2.24, 2.45) is 0 Å². The minimum absolute atomic E-state index is 0.292. The maximum Gasteiger partial charge on any atom is 0.144 e. The summed E-state index contributed by atoms with van der Waals surface area (Å²) in [6.07, 6.45) is 0. The second-order valence-electron chi connectivity index (χ2n) is 14.2. The molecule has 0 aliphatic heterocycles. The molecule has 0 amide bonds. The van der Waals surface area contributed by atoms with Crippen LogP contribution in [-0.2, 0) is 0 Å². The minimum Gasteiger partial charge on any atom is -0.455 e. The molecule has 1 heterocycles. The summed E-state index contributed by atoms with van der Waals surface area (Å²) in [6.45, 7) is 4.60. The van der Waals surface area contributed by atoms with Gasteiger partial charge in [-0.1, -0.05) is 172 Å². The number of para-hydroxylation sites is 1. The van der Waals surface area contributed by atoms with Crippen LogP contribution in [0.25, 0.3) is 98.8 Å². The van der Waals surface area contributed by atoms with Crippen LogP contribution in [0.15, 0.2) is 180 Å². The Morgan fingerprint density at radius 3 is 1.52 bits per heavy atom. The van der Waals surface area contributed by atoms with Crippen molar-refractivity contribution in [1.82, 2.24) is 0 Å². The van der Waals surface area contributed by atoms with Crippen molar-refractivity contribution in [3.63, 3.8) is 0 Å². The predicted molar refractivity (Wildman–Crippen MR) is 222 cm³/mol. The molecule has 246 valence electrons. The quantitative estimate of drug-likeness (QED) is 0.167. The van der Waals surface area contributed by atoms with Crippen LogP contribution in [0.4, 0.5) is 0 Å². The molecule has 0 spiro atoms. The molecule has 0 atom stereocenters. The van der Waals surface area contributed by atoms with Crippen LogP contribution in [0.1, 0.15) is 25.3 Å². The summed E-state index contributed by atoms with van der Waals surface area (Å²) < 4.78 is 6.80. The number of rotatable bonds is 5. The lowest BCUT2D eigenvalue weighted by Gasteiger charge is -2.19. The second-order valence-corrected chi connectivity index (χ2v) is 14.2. The summed E-state index contributed by atoms with van der Waals surface area (Å²) in [5.41, 5.74) is 12.9. The van der Waals surface area contributed by atoms with Gasteiger partial charge in [0.15, 0.2) is 0 Å². The zero-order valence-electron chi connectivity index (χ0n) is 29.2. The van der Waals surface area contributed by atoms with Gasteiger partial charge in [-0.05, 0) is 101 Å². The first kappa shape index (κ1) is 30.4. The van der Waals surface area contributed by atoms with Crippen LogP contribution in [0, 0.1) is 0 Å². The first-order valence-corrected chi connectivity index (χ1v) is 18.2. The summed E-state index contributed by atoms with van der Waals surface area (Å²) in [4.78, 5) is 0. The first-order valence-electron chi connectivity index (χ1n) is 18.2. The molecular weight excluding hydrogens is 629 g/mol. The third-order valence-corrected chi connectivity index (χ3v) is 10.8. The van der Waals surface area contributed by atoms with Crippen LogP contribution in [0.2, 0.25) is 0 Å². The van der Waals surface area contributed by atoms with E-state index in [2.05, 4.69) is 190 Å². The Balaban J connectivity index is 1.26. The number of furan rings is 1. The molecule has 1 heteroatoms. The van der Waals surface area contributed by atoms with Gasteiger partial charge in [0.1, 0.15) is 11.2 Å². The Labute approximate surface area is 303 Å². The van der Waals surface area contributed by atoms with Gasteiger partial charge in [-0.25, -0.2) is 0 Å². The van der Waals surface area contributed by atoms with Gasteiger partial charge >= 0.3 is 0 Å². The fraction of sp³-hybridized carbons (Fsp3) is 0.0588. The molecule has 9 aromatic carbocycles. The van der Waals surface area contributed by atoms with E-state index in [-0.39, 0.29) is 0 Å². The maximum atomic E-state index is 6.80. The predicted octanol–water partition coefficient (Wildman–Crippen LogP) is 14.8. The van der Waals surface area contributed by atoms with Crippen LogP contribution >= 0.6 is 0 Å². The monoisotopic (exact) mass is 664 g/mol. The molecule has 10 aromatic rings. The van der Waals surface area contributed by atoms with Crippen LogP contribution < -0.4 is 0 Å². The second kappa shape index (κ2) is 12.1. The van der Waals surface area contributed by atoms with E-state index in [1.165, 1.54) is 87.8 Å². The zero-order chi connectivity index (χ0) is 34.8. The van der Waals surface area contributed by atoms with E-state index in [1.54, 1.807) is 0 Å². The van der Waals surface area contributed by atoms with Crippen LogP contribution in [0.5, 0.6) is 0 Å². The molecule has 0 unspecified atom stereocenters. The third kappa shape index (κ3) is 4.70. The van der Waals surface area contributed by atoms with Crippen molar-refractivity contribution in [3.8, 4) is 44.5 Å². The van der Waals surface area contributed by atoms with Gasteiger partial charge < -0.3 is 4.42 Å². The van der Waals surface area contributed by atoms with Gasteiger partial charge in [-0.2, -0.15) is 0 Å². The highest BCUT2D eigenvalue weighted by atomic mass is 16.3. The highest BCUT2D eigenvalue weighted by Gasteiger charge is 2.23. The number of hydrogen-bond acceptors (Lipinski definition) is 1.